The zero-order chi connectivity index (χ0) is 12.6. The van der Waals surface area contributed by atoms with E-state index in [2.05, 4.69) is 24.2 Å². The van der Waals surface area contributed by atoms with E-state index >= 15 is 0 Å². The van der Waals surface area contributed by atoms with Crippen LogP contribution in [0.4, 0.5) is 0 Å². The predicted molar refractivity (Wildman–Crippen MR) is 70.3 cm³/mol. The molecule has 1 heterocycles. The normalized spacial score (nSPS) is 53.6. The topological polar surface area (TPSA) is 41.5 Å². The van der Waals surface area contributed by atoms with Gasteiger partial charge in [-0.25, -0.2) is 0 Å². The lowest BCUT2D eigenvalue weighted by molar-refractivity contribution is -0.121. The van der Waals surface area contributed by atoms with E-state index in [1.54, 1.807) is 0 Å². The standard InChI is InChI=1S/C15H22N2O/c1-13-3-10-4-14(2,7-13)9-15(5-10,8-13)12-16-6-11(18)17-12/h10H,3-9H2,1-2H3,(H,16,17,18). The number of carbonyl (C=O) groups excluding carboxylic acids is 1. The second kappa shape index (κ2) is 3.00. The molecule has 1 amide bonds. The summed E-state index contributed by atoms with van der Waals surface area (Å²) >= 11 is 0. The van der Waals surface area contributed by atoms with Crippen LogP contribution < -0.4 is 5.32 Å². The molecule has 2 unspecified atom stereocenters. The van der Waals surface area contributed by atoms with Crippen LogP contribution in [0.2, 0.25) is 0 Å². The maximum Gasteiger partial charge on any atom is 0.247 e. The molecule has 0 aromatic rings. The van der Waals surface area contributed by atoms with Crippen molar-refractivity contribution in [1.29, 1.82) is 0 Å². The van der Waals surface area contributed by atoms with E-state index in [4.69, 9.17) is 0 Å². The summed E-state index contributed by atoms with van der Waals surface area (Å²) in [6, 6.07) is 0. The Morgan fingerprint density at radius 3 is 2.28 bits per heavy atom. The smallest absolute Gasteiger partial charge is 0.247 e. The van der Waals surface area contributed by atoms with Gasteiger partial charge in [0, 0.05) is 5.41 Å². The highest BCUT2D eigenvalue weighted by Crippen LogP contribution is 2.69. The minimum absolute atomic E-state index is 0.0936. The van der Waals surface area contributed by atoms with Crippen molar-refractivity contribution in [3.63, 3.8) is 0 Å². The Labute approximate surface area is 108 Å². The first kappa shape index (κ1) is 11.0. The average molecular weight is 246 g/mol. The quantitative estimate of drug-likeness (QED) is 0.759. The number of nitrogens with zero attached hydrogens (tertiary/aromatic N) is 1. The van der Waals surface area contributed by atoms with Gasteiger partial charge in [-0.3, -0.25) is 9.79 Å². The first-order chi connectivity index (χ1) is 8.41. The van der Waals surface area contributed by atoms with Crippen molar-refractivity contribution in [3.8, 4) is 0 Å². The first-order valence-corrected chi connectivity index (χ1v) is 7.25. The summed E-state index contributed by atoms with van der Waals surface area (Å²) in [7, 11) is 0. The minimum Gasteiger partial charge on any atom is -0.312 e. The Morgan fingerprint density at radius 1 is 1.11 bits per heavy atom. The molecular weight excluding hydrogens is 224 g/mol. The molecule has 1 aliphatic heterocycles. The van der Waals surface area contributed by atoms with E-state index in [-0.39, 0.29) is 11.3 Å². The number of aliphatic imine (C=N–C) groups is 1. The molecule has 18 heavy (non-hydrogen) atoms. The van der Waals surface area contributed by atoms with Crippen LogP contribution in [0.1, 0.15) is 52.4 Å². The zero-order valence-electron chi connectivity index (χ0n) is 11.4. The van der Waals surface area contributed by atoms with Gasteiger partial charge in [0.25, 0.3) is 0 Å². The fourth-order valence-electron chi connectivity index (χ4n) is 6.37. The summed E-state index contributed by atoms with van der Waals surface area (Å²) in [6.45, 7) is 5.28. The molecule has 3 nitrogen and oxygen atoms in total. The third kappa shape index (κ3) is 1.36. The van der Waals surface area contributed by atoms with Gasteiger partial charge < -0.3 is 5.32 Å². The molecule has 4 saturated carbocycles. The molecule has 0 aromatic heterocycles. The summed E-state index contributed by atoms with van der Waals surface area (Å²) < 4.78 is 0. The largest absolute Gasteiger partial charge is 0.312 e. The molecule has 4 aliphatic carbocycles. The van der Waals surface area contributed by atoms with Crippen molar-refractivity contribution in [2.75, 3.05) is 6.54 Å². The highest BCUT2D eigenvalue weighted by Gasteiger charge is 2.62. The summed E-state index contributed by atoms with van der Waals surface area (Å²) in [5, 5.41) is 3.06. The Hall–Kier alpha value is -0.860. The maximum atomic E-state index is 11.5. The molecular formula is C15H22N2O. The third-order valence-electron chi connectivity index (χ3n) is 5.77. The number of carbonyl (C=O) groups is 1. The summed E-state index contributed by atoms with van der Waals surface area (Å²) in [5.74, 6) is 1.99. The summed E-state index contributed by atoms with van der Waals surface area (Å²) in [4.78, 5) is 16.0. The Morgan fingerprint density at radius 2 is 1.78 bits per heavy atom. The molecule has 5 rings (SSSR count). The molecule has 3 heteroatoms. The average Bonchev–Trinajstić information content (AvgIpc) is 2.59. The lowest BCUT2D eigenvalue weighted by atomic mass is 9.40. The van der Waals surface area contributed by atoms with Crippen molar-refractivity contribution in [2.45, 2.75) is 52.4 Å². The van der Waals surface area contributed by atoms with Crippen molar-refractivity contribution < 1.29 is 4.79 Å². The Kier molecular flexibility index (Phi) is 1.83. The van der Waals surface area contributed by atoms with E-state index in [1.807, 2.05) is 0 Å². The molecule has 1 N–H and O–H groups in total. The van der Waals surface area contributed by atoms with Gasteiger partial charge in [0.1, 0.15) is 12.4 Å². The molecule has 98 valence electrons. The molecule has 4 bridgehead atoms. The molecule has 0 aromatic carbocycles. The number of rotatable bonds is 1. The SMILES string of the molecule is CC12CC3CC(C)(C1)CC(C1=NCC(=O)N1)(C3)C2. The van der Waals surface area contributed by atoms with Crippen LogP contribution in [0.25, 0.3) is 0 Å². The van der Waals surface area contributed by atoms with Crippen molar-refractivity contribution >= 4 is 11.7 Å². The third-order valence-corrected chi connectivity index (χ3v) is 5.77. The Balaban J connectivity index is 1.76. The van der Waals surface area contributed by atoms with Crippen LogP contribution in [0.3, 0.4) is 0 Å². The van der Waals surface area contributed by atoms with Gasteiger partial charge in [-0.15, -0.1) is 0 Å². The molecule has 0 radical (unpaired) electrons. The highest BCUT2D eigenvalue weighted by atomic mass is 16.2. The Bertz CT molecular complexity index is 449. The number of amides is 1. The van der Waals surface area contributed by atoms with Crippen LogP contribution in [-0.4, -0.2) is 18.3 Å². The van der Waals surface area contributed by atoms with Crippen LogP contribution in [-0.2, 0) is 4.79 Å². The maximum absolute atomic E-state index is 11.5. The molecule has 2 atom stereocenters. The van der Waals surface area contributed by atoms with Crippen molar-refractivity contribution in [2.24, 2.45) is 27.2 Å². The van der Waals surface area contributed by atoms with Crippen LogP contribution in [0.15, 0.2) is 4.99 Å². The number of amidine groups is 1. The monoisotopic (exact) mass is 246 g/mol. The van der Waals surface area contributed by atoms with Crippen LogP contribution >= 0.6 is 0 Å². The van der Waals surface area contributed by atoms with Gasteiger partial charge in [-0.1, -0.05) is 13.8 Å². The lowest BCUT2D eigenvalue weighted by Crippen LogP contribution is -2.59. The second-order valence-electron chi connectivity index (χ2n) is 8.12. The summed E-state index contributed by atoms with van der Waals surface area (Å²) in [6.07, 6.45) is 7.91. The minimum atomic E-state index is 0.0936. The molecule has 0 spiro atoms. The zero-order valence-corrected chi connectivity index (χ0v) is 11.4. The first-order valence-electron chi connectivity index (χ1n) is 7.25. The highest BCUT2D eigenvalue weighted by molar-refractivity contribution is 6.06. The second-order valence-corrected chi connectivity index (χ2v) is 8.12. The van der Waals surface area contributed by atoms with E-state index < -0.39 is 0 Å². The van der Waals surface area contributed by atoms with Gasteiger partial charge >= 0.3 is 0 Å². The van der Waals surface area contributed by atoms with Crippen molar-refractivity contribution in [1.82, 2.24) is 5.32 Å². The fourth-order valence-corrected chi connectivity index (χ4v) is 6.37. The van der Waals surface area contributed by atoms with E-state index in [0.29, 0.717) is 17.4 Å². The molecule has 4 fully saturated rings. The van der Waals surface area contributed by atoms with Crippen LogP contribution in [0.5, 0.6) is 0 Å². The van der Waals surface area contributed by atoms with Crippen LogP contribution in [0, 0.1) is 22.2 Å². The number of nitrogens with one attached hydrogen (secondary N) is 1. The van der Waals surface area contributed by atoms with Gasteiger partial charge in [0.05, 0.1) is 0 Å². The van der Waals surface area contributed by atoms with E-state index in [0.717, 1.165) is 11.8 Å². The van der Waals surface area contributed by atoms with Gasteiger partial charge in [0.15, 0.2) is 0 Å². The van der Waals surface area contributed by atoms with E-state index in [1.165, 1.54) is 38.5 Å². The number of hydrogen-bond donors (Lipinski definition) is 1. The summed E-state index contributed by atoms with van der Waals surface area (Å²) in [5.41, 5.74) is 1.18. The molecule has 0 saturated heterocycles. The van der Waals surface area contributed by atoms with Gasteiger partial charge in [-0.05, 0) is 55.3 Å². The van der Waals surface area contributed by atoms with Crippen molar-refractivity contribution in [3.05, 3.63) is 0 Å². The van der Waals surface area contributed by atoms with Gasteiger partial charge in [-0.2, -0.15) is 0 Å². The predicted octanol–water partition coefficient (Wildman–Crippen LogP) is 2.51. The molecule has 5 aliphatic rings. The lowest BCUT2D eigenvalue weighted by Gasteiger charge is -2.65. The number of hydrogen-bond acceptors (Lipinski definition) is 2. The fraction of sp³-hybridized carbons (Fsp3) is 0.867. The van der Waals surface area contributed by atoms with Gasteiger partial charge in [0.2, 0.25) is 5.91 Å². The van der Waals surface area contributed by atoms with E-state index in [9.17, 15) is 4.79 Å².